The number of hydrogen-bond acceptors (Lipinski definition) is 3. The molecule has 19 heavy (non-hydrogen) atoms. The lowest BCUT2D eigenvalue weighted by Crippen LogP contribution is -2.46. The van der Waals surface area contributed by atoms with Crippen molar-refractivity contribution in [2.75, 3.05) is 14.2 Å². The van der Waals surface area contributed by atoms with E-state index in [9.17, 15) is 4.79 Å². The number of ether oxygens (including phenoxy) is 1. The maximum absolute atomic E-state index is 12.4. The van der Waals surface area contributed by atoms with Crippen molar-refractivity contribution in [2.45, 2.75) is 39.0 Å². The van der Waals surface area contributed by atoms with Gasteiger partial charge in [-0.1, -0.05) is 31.2 Å². The number of carbonyl (C=O) groups excluding carboxylic acids is 1. The minimum atomic E-state index is -0.758. The van der Waals surface area contributed by atoms with Crippen LogP contribution in [0.2, 0.25) is 0 Å². The molecule has 0 spiro atoms. The third-order valence-corrected chi connectivity index (χ3v) is 3.67. The molecule has 0 aromatic heterocycles. The number of nitrogens with zero attached hydrogens (tertiary/aromatic N) is 1. The molecule has 1 aromatic rings. The number of rotatable bonds is 6. The minimum absolute atomic E-state index is 0.00988. The van der Waals surface area contributed by atoms with Gasteiger partial charge in [-0.3, -0.25) is 4.79 Å². The fourth-order valence-corrected chi connectivity index (χ4v) is 2.02. The maximum atomic E-state index is 12.4. The molecule has 1 aromatic carbocycles. The van der Waals surface area contributed by atoms with Crippen LogP contribution >= 0.6 is 0 Å². The summed E-state index contributed by atoms with van der Waals surface area (Å²) in [4.78, 5) is 14.1. The number of benzene rings is 1. The van der Waals surface area contributed by atoms with E-state index < -0.39 is 5.60 Å². The van der Waals surface area contributed by atoms with Crippen molar-refractivity contribution < 1.29 is 9.53 Å². The van der Waals surface area contributed by atoms with Crippen LogP contribution in [-0.2, 0) is 22.6 Å². The molecule has 0 bridgehead atoms. The Labute approximate surface area is 115 Å². The summed E-state index contributed by atoms with van der Waals surface area (Å²) in [5, 5.41) is 0. The van der Waals surface area contributed by atoms with E-state index in [1.165, 1.54) is 0 Å². The van der Waals surface area contributed by atoms with Gasteiger partial charge in [-0.15, -0.1) is 0 Å². The van der Waals surface area contributed by atoms with Crippen LogP contribution in [0.4, 0.5) is 0 Å². The highest BCUT2D eigenvalue weighted by Crippen LogP contribution is 2.19. The third kappa shape index (κ3) is 3.55. The van der Waals surface area contributed by atoms with E-state index in [1.807, 2.05) is 38.1 Å². The molecule has 0 saturated carbocycles. The molecule has 0 heterocycles. The number of hydrogen-bond donors (Lipinski definition) is 1. The molecule has 0 fully saturated rings. The molecule has 1 atom stereocenters. The first-order valence-electron chi connectivity index (χ1n) is 6.56. The van der Waals surface area contributed by atoms with E-state index in [1.54, 1.807) is 19.1 Å². The van der Waals surface area contributed by atoms with Gasteiger partial charge in [0.25, 0.3) is 5.91 Å². The van der Waals surface area contributed by atoms with E-state index in [0.717, 1.165) is 11.1 Å². The van der Waals surface area contributed by atoms with Crippen molar-refractivity contribution in [3.05, 3.63) is 35.4 Å². The predicted molar refractivity (Wildman–Crippen MR) is 76.5 cm³/mol. The molecule has 4 nitrogen and oxygen atoms in total. The van der Waals surface area contributed by atoms with Crippen LogP contribution in [0.3, 0.4) is 0 Å². The van der Waals surface area contributed by atoms with E-state index in [-0.39, 0.29) is 5.91 Å². The zero-order valence-electron chi connectivity index (χ0n) is 12.3. The van der Waals surface area contributed by atoms with Crippen molar-refractivity contribution >= 4 is 5.91 Å². The van der Waals surface area contributed by atoms with Gasteiger partial charge in [0, 0.05) is 27.2 Å². The lowest BCUT2D eigenvalue weighted by Gasteiger charge is -2.31. The number of amides is 1. The van der Waals surface area contributed by atoms with Crippen LogP contribution < -0.4 is 5.73 Å². The quantitative estimate of drug-likeness (QED) is 0.854. The van der Waals surface area contributed by atoms with E-state index in [0.29, 0.717) is 19.5 Å². The third-order valence-electron chi connectivity index (χ3n) is 3.67. The van der Waals surface area contributed by atoms with Crippen LogP contribution in [0.1, 0.15) is 31.4 Å². The lowest BCUT2D eigenvalue weighted by atomic mass is 10.0. The molecule has 1 rings (SSSR count). The smallest absolute Gasteiger partial charge is 0.254 e. The summed E-state index contributed by atoms with van der Waals surface area (Å²) in [5.74, 6) is -0.00988. The van der Waals surface area contributed by atoms with Crippen molar-refractivity contribution in [3.63, 3.8) is 0 Å². The highest BCUT2D eigenvalue weighted by Gasteiger charge is 2.33. The summed E-state index contributed by atoms with van der Waals surface area (Å²) in [6.45, 7) is 4.79. The molecule has 0 saturated heterocycles. The molecular formula is C15H24N2O2. The van der Waals surface area contributed by atoms with Crippen molar-refractivity contribution in [2.24, 2.45) is 5.73 Å². The average molecular weight is 264 g/mol. The summed E-state index contributed by atoms with van der Waals surface area (Å²) < 4.78 is 5.35. The fourth-order valence-electron chi connectivity index (χ4n) is 2.02. The number of carbonyl (C=O) groups is 1. The first kappa shape index (κ1) is 15.7. The van der Waals surface area contributed by atoms with Crippen LogP contribution in [-0.4, -0.2) is 30.6 Å². The van der Waals surface area contributed by atoms with Crippen molar-refractivity contribution in [1.29, 1.82) is 0 Å². The van der Waals surface area contributed by atoms with Gasteiger partial charge in [0.2, 0.25) is 0 Å². The molecule has 0 aliphatic heterocycles. The molecule has 0 aliphatic carbocycles. The molecule has 1 amide bonds. The zero-order valence-corrected chi connectivity index (χ0v) is 12.3. The molecular weight excluding hydrogens is 240 g/mol. The molecule has 106 valence electrons. The normalized spacial score (nSPS) is 13.9. The Morgan fingerprint density at radius 2 is 1.95 bits per heavy atom. The predicted octanol–water partition coefficient (Wildman–Crippen LogP) is 1.92. The Kier molecular flexibility index (Phi) is 5.51. The van der Waals surface area contributed by atoms with Gasteiger partial charge >= 0.3 is 0 Å². The largest absolute Gasteiger partial charge is 0.369 e. The van der Waals surface area contributed by atoms with Gasteiger partial charge < -0.3 is 15.4 Å². The summed E-state index contributed by atoms with van der Waals surface area (Å²) >= 11 is 0. The van der Waals surface area contributed by atoms with Gasteiger partial charge in [0.1, 0.15) is 5.60 Å². The second-order valence-electron chi connectivity index (χ2n) is 4.92. The number of likely N-dealkylation sites (N-methyl/N-ethyl adjacent to an activating group) is 1. The average Bonchev–Trinajstić information content (AvgIpc) is 2.46. The Balaban J connectivity index is 2.85. The van der Waals surface area contributed by atoms with Gasteiger partial charge in [-0.2, -0.15) is 0 Å². The van der Waals surface area contributed by atoms with Crippen LogP contribution in [0.5, 0.6) is 0 Å². The molecule has 0 radical (unpaired) electrons. The zero-order chi connectivity index (χ0) is 14.5. The minimum Gasteiger partial charge on any atom is -0.369 e. The molecule has 1 unspecified atom stereocenters. The monoisotopic (exact) mass is 264 g/mol. The van der Waals surface area contributed by atoms with Crippen LogP contribution in [0.15, 0.2) is 24.3 Å². The lowest BCUT2D eigenvalue weighted by molar-refractivity contribution is -0.152. The van der Waals surface area contributed by atoms with Crippen molar-refractivity contribution in [1.82, 2.24) is 4.90 Å². The molecule has 2 N–H and O–H groups in total. The highest BCUT2D eigenvalue weighted by atomic mass is 16.5. The summed E-state index contributed by atoms with van der Waals surface area (Å²) in [6, 6.07) is 7.91. The van der Waals surface area contributed by atoms with Crippen LogP contribution in [0.25, 0.3) is 0 Å². The number of methoxy groups -OCH3 is 1. The summed E-state index contributed by atoms with van der Waals surface area (Å²) in [5.41, 5.74) is 7.10. The summed E-state index contributed by atoms with van der Waals surface area (Å²) in [6.07, 6.45) is 0.644. The highest BCUT2D eigenvalue weighted by molar-refractivity contribution is 5.84. The fraction of sp³-hybridized carbons (Fsp3) is 0.533. The number of nitrogens with two attached hydrogens (primary N) is 1. The van der Waals surface area contributed by atoms with Crippen LogP contribution in [0, 0.1) is 0 Å². The van der Waals surface area contributed by atoms with Crippen molar-refractivity contribution in [3.8, 4) is 0 Å². The van der Waals surface area contributed by atoms with Gasteiger partial charge in [0.15, 0.2) is 0 Å². The first-order chi connectivity index (χ1) is 8.98. The molecule has 0 aliphatic rings. The first-order valence-corrected chi connectivity index (χ1v) is 6.56. The topological polar surface area (TPSA) is 55.6 Å². The Morgan fingerprint density at radius 1 is 1.37 bits per heavy atom. The second kappa shape index (κ2) is 6.68. The maximum Gasteiger partial charge on any atom is 0.254 e. The SMILES string of the molecule is CCC(C)(OC)C(=O)N(C)Cc1ccccc1CN. The Bertz CT molecular complexity index is 428. The Morgan fingerprint density at radius 3 is 2.42 bits per heavy atom. The summed E-state index contributed by atoms with van der Waals surface area (Å²) in [7, 11) is 3.37. The van der Waals surface area contributed by atoms with Gasteiger partial charge in [0.05, 0.1) is 0 Å². The van der Waals surface area contributed by atoms with Gasteiger partial charge in [-0.25, -0.2) is 0 Å². The standard InChI is InChI=1S/C15H24N2O2/c1-5-15(2,19-4)14(18)17(3)11-13-9-7-6-8-12(13)10-16/h6-9H,5,10-11,16H2,1-4H3. The second-order valence-corrected chi connectivity index (χ2v) is 4.92. The van der Waals surface area contributed by atoms with E-state index >= 15 is 0 Å². The molecule has 4 heteroatoms. The van der Waals surface area contributed by atoms with E-state index in [2.05, 4.69) is 0 Å². The van der Waals surface area contributed by atoms with Gasteiger partial charge in [-0.05, 0) is 24.5 Å². The Hall–Kier alpha value is -1.39. The van der Waals surface area contributed by atoms with E-state index in [4.69, 9.17) is 10.5 Å².